The van der Waals surface area contributed by atoms with E-state index in [1.54, 1.807) is 0 Å². The maximum atomic E-state index is 4.66. The normalized spacial score (nSPS) is 11.0. The van der Waals surface area contributed by atoms with Gasteiger partial charge in [0.15, 0.2) is 0 Å². The number of anilines is 1. The van der Waals surface area contributed by atoms with Gasteiger partial charge in [-0.05, 0) is 31.9 Å². The lowest BCUT2D eigenvalue weighted by atomic mass is 10.2. The Morgan fingerprint density at radius 2 is 1.94 bits per heavy atom. The molecule has 4 heteroatoms. The summed E-state index contributed by atoms with van der Waals surface area (Å²) in [4.78, 5) is 9.28. The van der Waals surface area contributed by atoms with E-state index < -0.39 is 0 Å². The Morgan fingerprint density at radius 1 is 1.22 bits per heavy atom. The number of rotatable bonds is 7. The highest BCUT2D eigenvalue weighted by Crippen LogP contribution is 2.19. The molecule has 3 nitrogen and oxygen atoms in total. The van der Waals surface area contributed by atoms with Crippen LogP contribution in [0.1, 0.15) is 44.8 Å². The van der Waals surface area contributed by atoms with Gasteiger partial charge in [-0.1, -0.05) is 20.8 Å². The number of hydrogen-bond acceptors (Lipinski definition) is 4. The summed E-state index contributed by atoms with van der Waals surface area (Å²) in [5, 5.41) is 3.33. The Bertz CT molecular complexity index is 378. The molecule has 0 radical (unpaired) electrons. The number of hydrogen-bond donors (Lipinski definition) is 1. The fraction of sp³-hybridized carbons (Fsp3) is 0.714. The van der Waals surface area contributed by atoms with E-state index in [1.807, 2.05) is 11.8 Å². The van der Waals surface area contributed by atoms with E-state index in [9.17, 15) is 0 Å². The van der Waals surface area contributed by atoms with E-state index >= 15 is 0 Å². The van der Waals surface area contributed by atoms with Crippen molar-refractivity contribution in [3.05, 3.63) is 17.1 Å². The number of aromatic nitrogens is 2. The molecule has 0 bridgehead atoms. The molecule has 0 saturated heterocycles. The van der Waals surface area contributed by atoms with Gasteiger partial charge in [0, 0.05) is 17.8 Å². The second-order valence-electron chi connectivity index (χ2n) is 4.85. The molecule has 0 unspecified atom stereocenters. The van der Waals surface area contributed by atoms with Crippen molar-refractivity contribution in [1.82, 2.24) is 9.97 Å². The number of thioether (sulfide) groups is 1. The van der Waals surface area contributed by atoms with Crippen LogP contribution in [0, 0.1) is 12.8 Å². The number of aryl methyl sites for hydroxylation is 1. The van der Waals surface area contributed by atoms with Crippen molar-refractivity contribution < 1.29 is 0 Å². The topological polar surface area (TPSA) is 37.8 Å². The zero-order valence-electron chi connectivity index (χ0n) is 12.2. The molecule has 0 amide bonds. The van der Waals surface area contributed by atoms with Crippen LogP contribution in [0.25, 0.3) is 0 Å². The minimum atomic E-state index is 0.722. The van der Waals surface area contributed by atoms with Crippen molar-refractivity contribution in [2.45, 2.75) is 46.8 Å². The molecule has 0 fully saturated rings. The third-order valence-corrected chi connectivity index (χ3v) is 4.02. The van der Waals surface area contributed by atoms with Crippen molar-refractivity contribution in [3.63, 3.8) is 0 Å². The van der Waals surface area contributed by atoms with Gasteiger partial charge in [-0.3, -0.25) is 0 Å². The molecule has 0 spiro atoms. The lowest BCUT2D eigenvalue weighted by Crippen LogP contribution is -2.09. The second-order valence-corrected chi connectivity index (χ2v) is 5.88. The van der Waals surface area contributed by atoms with Crippen LogP contribution in [-0.2, 0) is 12.2 Å². The summed E-state index contributed by atoms with van der Waals surface area (Å²) < 4.78 is 0. The van der Waals surface area contributed by atoms with Crippen molar-refractivity contribution in [1.29, 1.82) is 0 Å². The highest BCUT2D eigenvalue weighted by molar-refractivity contribution is 7.98. The van der Waals surface area contributed by atoms with Gasteiger partial charge in [0.1, 0.15) is 11.6 Å². The zero-order valence-corrected chi connectivity index (χ0v) is 13.0. The monoisotopic (exact) mass is 267 g/mol. The largest absolute Gasteiger partial charge is 0.370 e. The molecule has 0 aromatic carbocycles. The van der Waals surface area contributed by atoms with Gasteiger partial charge in [-0.2, -0.15) is 11.8 Å². The first-order valence-corrected chi connectivity index (χ1v) is 7.91. The van der Waals surface area contributed by atoms with E-state index in [-0.39, 0.29) is 0 Å². The summed E-state index contributed by atoms with van der Waals surface area (Å²) in [5.74, 6) is 4.75. The van der Waals surface area contributed by atoms with Gasteiger partial charge in [0.2, 0.25) is 0 Å². The van der Waals surface area contributed by atoms with Crippen LogP contribution in [0.15, 0.2) is 0 Å². The molecule has 0 saturated carbocycles. The summed E-state index contributed by atoms with van der Waals surface area (Å²) in [6.45, 7) is 11.7. The molecular formula is C14H25N3S. The second kappa shape index (κ2) is 7.62. The summed E-state index contributed by atoms with van der Waals surface area (Å²) in [7, 11) is 0. The SMILES string of the molecule is CCNc1nc(CSCC(C)C)nc(CC)c1C. The highest BCUT2D eigenvalue weighted by atomic mass is 32.2. The van der Waals surface area contributed by atoms with Crippen LogP contribution < -0.4 is 5.32 Å². The minimum Gasteiger partial charge on any atom is -0.370 e. The zero-order chi connectivity index (χ0) is 13.5. The third-order valence-electron chi connectivity index (χ3n) is 2.65. The molecular weight excluding hydrogens is 242 g/mol. The van der Waals surface area contributed by atoms with Gasteiger partial charge < -0.3 is 5.32 Å². The first-order valence-electron chi connectivity index (χ1n) is 6.76. The van der Waals surface area contributed by atoms with Crippen molar-refractivity contribution in [2.24, 2.45) is 5.92 Å². The average Bonchev–Trinajstić information content (AvgIpc) is 2.32. The molecule has 18 heavy (non-hydrogen) atoms. The molecule has 1 N–H and O–H groups in total. The highest BCUT2D eigenvalue weighted by Gasteiger charge is 2.09. The van der Waals surface area contributed by atoms with Gasteiger partial charge in [0.25, 0.3) is 0 Å². The Morgan fingerprint density at radius 3 is 2.50 bits per heavy atom. The van der Waals surface area contributed by atoms with E-state index in [4.69, 9.17) is 0 Å². The standard InChI is InChI=1S/C14H25N3S/c1-6-12-11(5)14(15-7-2)17-13(16-12)9-18-8-10(3)4/h10H,6-9H2,1-5H3,(H,15,16,17). The Hall–Kier alpha value is -0.770. The third kappa shape index (κ3) is 4.48. The quantitative estimate of drug-likeness (QED) is 0.818. The lowest BCUT2D eigenvalue weighted by Gasteiger charge is -2.12. The predicted octanol–water partition coefficient (Wildman–Crippen LogP) is 3.67. The Balaban J connectivity index is 2.81. The fourth-order valence-corrected chi connectivity index (χ4v) is 2.65. The van der Waals surface area contributed by atoms with Crippen molar-refractivity contribution >= 4 is 17.6 Å². The fourth-order valence-electron chi connectivity index (χ4n) is 1.75. The maximum absolute atomic E-state index is 4.66. The molecule has 1 aromatic heterocycles. The van der Waals surface area contributed by atoms with Crippen LogP contribution in [0.4, 0.5) is 5.82 Å². The Labute approximate surface area is 115 Å². The van der Waals surface area contributed by atoms with E-state index in [1.165, 1.54) is 11.3 Å². The smallest absolute Gasteiger partial charge is 0.140 e. The summed E-state index contributed by atoms with van der Waals surface area (Å²) in [6, 6.07) is 0. The van der Waals surface area contributed by atoms with E-state index in [0.717, 1.165) is 42.0 Å². The summed E-state index contributed by atoms with van der Waals surface area (Å²) in [5.41, 5.74) is 2.36. The van der Waals surface area contributed by atoms with E-state index in [2.05, 4.69) is 49.9 Å². The first kappa shape index (κ1) is 15.3. The molecule has 1 heterocycles. The minimum absolute atomic E-state index is 0.722. The predicted molar refractivity (Wildman–Crippen MR) is 81.3 cm³/mol. The van der Waals surface area contributed by atoms with Crippen molar-refractivity contribution in [3.8, 4) is 0 Å². The van der Waals surface area contributed by atoms with Crippen LogP contribution in [0.5, 0.6) is 0 Å². The number of nitrogens with zero attached hydrogens (tertiary/aromatic N) is 2. The maximum Gasteiger partial charge on any atom is 0.140 e. The molecule has 0 atom stereocenters. The van der Waals surface area contributed by atoms with Gasteiger partial charge in [-0.25, -0.2) is 9.97 Å². The Kier molecular flexibility index (Phi) is 6.47. The molecule has 102 valence electrons. The molecule has 0 aliphatic carbocycles. The number of nitrogens with one attached hydrogen (secondary N) is 1. The van der Waals surface area contributed by atoms with Crippen LogP contribution in [-0.4, -0.2) is 22.3 Å². The van der Waals surface area contributed by atoms with Crippen LogP contribution >= 0.6 is 11.8 Å². The van der Waals surface area contributed by atoms with Crippen LogP contribution in [0.2, 0.25) is 0 Å². The van der Waals surface area contributed by atoms with Crippen LogP contribution in [0.3, 0.4) is 0 Å². The van der Waals surface area contributed by atoms with Gasteiger partial charge in [0.05, 0.1) is 5.75 Å². The van der Waals surface area contributed by atoms with E-state index in [0.29, 0.717) is 0 Å². The average molecular weight is 267 g/mol. The lowest BCUT2D eigenvalue weighted by molar-refractivity contribution is 0.749. The van der Waals surface area contributed by atoms with Gasteiger partial charge in [-0.15, -0.1) is 0 Å². The molecule has 1 rings (SSSR count). The van der Waals surface area contributed by atoms with Crippen molar-refractivity contribution in [2.75, 3.05) is 17.6 Å². The summed E-state index contributed by atoms with van der Waals surface area (Å²) >= 11 is 1.91. The summed E-state index contributed by atoms with van der Waals surface area (Å²) in [6.07, 6.45) is 0.967. The molecule has 1 aromatic rings. The molecule has 0 aliphatic heterocycles. The molecule has 0 aliphatic rings. The first-order chi connectivity index (χ1) is 8.58. The van der Waals surface area contributed by atoms with Gasteiger partial charge >= 0.3 is 0 Å².